The number of benzene rings is 3. The highest BCUT2D eigenvalue weighted by atomic mass is 35.5. The van der Waals surface area contributed by atoms with Gasteiger partial charge in [-0.25, -0.2) is 9.79 Å². The standard InChI is InChI=1S/C39H41ClN2O7S/c1-8-11-28-18-26(19-32(46-9-2)36(28)48-22-25-12-15-29(40)16-13-25)20-33-37(43)42-35(27-14-17-30(49-23(4)5)31(21-27)45-7)34(38(44)47-10-3)24(6)41-39(42)50-33/h8,12-21,23,35H,1,9-11,22H2,2-7H3/b33-20-/t35-/m1/s1. The highest BCUT2D eigenvalue weighted by Gasteiger charge is 2.34. The zero-order valence-corrected chi connectivity index (χ0v) is 30.7. The van der Waals surface area contributed by atoms with Gasteiger partial charge in [0, 0.05) is 10.6 Å². The van der Waals surface area contributed by atoms with Crippen molar-refractivity contribution in [2.24, 2.45) is 4.99 Å². The molecule has 1 aliphatic rings. The van der Waals surface area contributed by atoms with Gasteiger partial charge in [-0.2, -0.15) is 0 Å². The molecule has 1 atom stereocenters. The van der Waals surface area contributed by atoms with Crippen LogP contribution in [0.4, 0.5) is 0 Å². The summed E-state index contributed by atoms with van der Waals surface area (Å²) in [6.45, 7) is 14.1. The Morgan fingerprint density at radius 3 is 2.46 bits per heavy atom. The minimum absolute atomic E-state index is 0.0796. The predicted molar refractivity (Wildman–Crippen MR) is 196 cm³/mol. The average molecular weight is 717 g/mol. The van der Waals surface area contributed by atoms with Crippen LogP contribution in [0.3, 0.4) is 0 Å². The summed E-state index contributed by atoms with van der Waals surface area (Å²) in [5.41, 5.74) is 3.64. The van der Waals surface area contributed by atoms with E-state index in [1.54, 1.807) is 43.7 Å². The number of nitrogens with zero attached hydrogens (tertiary/aromatic N) is 2. The van der Waals surface area contributed by atoms with Gasteiger partial charge in [0.25, 0.3) is 5.56 Å². The van der Waals surface area contributed by atoms with Gasteiger partial charge in [-0.3, -0.25) is 9.36 Å². The Bertz CT molecular complexity index is 2100. The molecule has 3 aromatic carbocycles. The van der Waals surface area contributed by atoms with E-state index in [0.717, 1.165) is 16.7 Å². The molecule has 0 aliphatic carbocycles. The Hall–Kier alpha value is -4.80. The van der Waals surface area contributed by atoms with Crippen LogP contribution >= 0.6 is 22.9 Å². The molecule has 4 aromatic rings. The van der Waals surface area contributed by atoms with Gasteiger partial charge in [-0.15, -0.1) is 6.58 Å². The molecule has 0 saturated carbocycles. The molecule has 50 heavy (non-hydrogen) atoms. The van der Waals surface area contributed by atoms with Crippen LogP contribution in [-0.2, 0) is 22.6 Å². The van der Waals surface area contributed by atoms with E-state index in [9.17, 15) is 9.59 Å². The number of carbonyl (C=O) groups excluding carboxylic acids is 1. The number of carbonyl (C=O) groups is 1. The van der Waals surface area contributed by atoms with Crippen LogP contribution in [0.1, 0.15) is 62.9 Å². The molecule has 0 amide bonds. The van der Waals surface area contributed by atoms with Crippen molar-refractivity contribution in [3.8, 4) is 23.0 Å². The fourth-order valence-electron chi connectivity index (χ4n) is 5.70. The Balaban J connectivity index is 1.64. The summed E-state index contributed by atoms with van der Waals surface area (Å²) in [5, 5.41) is 0.651. The SMILES string of the molecule is C=CCc1cc(/C=c2\sc3n(c2=O)[C@H](c2ccc(OC(C)C)c(OC)c2)C(C(=O)OCC)=C(C)N=3)cc(OCC)c1OCc1ccc(Cl)cc1. The Morgan fingerprint density at radius 1 is 1.04 bits per heavy atom. The van der Waals surface area contributed by atoms with Crippen molar-refractivity contribution in [1.82, 2.24) is 4.57 Å². The van der Waals surface area contributed by atoms with E-state index >= 15 is 0 Å². The van der Waals surface area contributed by atoms with Crippen molar-refractivity contribution >= 4 is 35.0 Å². The average Bonchev–Trinajstić information content (AvgIpc) is 3.38. The highest BCUT2D eigenvalue weighted by molar-refractivity contribution is 7.07. The molecule has 0 fully saturated rings. The number of ether oxygens (including phenoxy) is 5. The third kappa shape index (κ3) is 7.98. The van der Waals surface area contributed by atoms with Gasteiger partial charge in [0.1, 0.15) is 6.61 Å². The number of esters is 1. The van der Waals surface area contributed by atoms with E-state index in [1.807, 2.05) is 69.3 Å². The van der Waals surface area contributed by atoms with E-state index in [1.165, 1.54) is 11.3 Å². The Morgan fingerprint density at radius 2 is 1.80 bits per heavy atom. The molecular weight excluding hydrogens is 676 g/mol. The summed E-state index contributed by atoms with van der Waals surface area (Å²) in [6.07, 6.45) is 4.04. The second kappa shape index (κ2) is 16.3. The first kappa shape index (κ1) is 36.5. The first-order chi connectivity index (χ1) is 24.1. The molecule has 0 spiro atoms. The smallest absolute Gasteiger partial charge is 0.338 e. The molecule has 1 aromatic heterocycles. The van der Waals surface area contributed by atoms with Crippen LogP contribution in [0.25, 0.3) is 6.08 Å². The lowest BCUT2D eigenvalue weighted by Crippen LogP contribution is -2.40. The predicted octanol–water partition coefficient (Wildman–Crippen LogP) is 6.95. The largest absolute Gasteiger partial charge is 0.493 e. The molecule has 0 bridgehead atoms. The number of halogens is 1. The number of hydrogen-bond donors (Lipinski definition) is 0. The highest BCUT2D eigenvalue weighted by Crippen LogP contribution is 2.37. The molecule has 0 saturated heterocycles. The maximum Gasteiger partial charge on any atom is 0.338 e. The Labute approximate surface area is 300 Å². The van der Waals surface area contributed by atoms with E-state index < -0.39 is 12.0 Å². The van der Waals surface area contributed by atoms with Crippen LogP contribution in [-0.4, -0.2) is 37.0 Å². The monoisotopic (exact) mass is 716 g/mol. The molecule has 262 valence electrons. The summed E-state index contributed by atoms with van der Waals surface area (Å²) < 4.78 is 31.4. The maximum absolute atomic E-state index is 14.3. The normalized spacial score (nSPS) is 14.2. The molecule has 2 heterocycles. The number of rotatable bonds is 14. The second-order valence-electron chi connectivity index (χ2n) is 11.7. The van der Waals surface area contributed by atoms with Crippen molar-refractivity contribution in [3.63, 3.8) is 0 Å². The number of allylic oxidation sites excluding steroid dienone is 2. The first-order valence-corrected chi connectivity index (χ1v) is 17.6. The van der Waals surface area contributed by atoms with Gasteiger partial charge >= 0.3 is 5.97 Å². The van der Waals surface area contributed by atoms with Gasteiger partial charge < -0.3 is 23.7 Å². The van der Waals surface area contributed by atoms with Crippen molar-refractivity contribution in [2.75, 3.05) is 20.3 Å². The van der Waals surface area contributed by atoms with Crippen LogP contribution in [0, 0.1) is 0 Å². The zero-order chi connectivity index (χ0) is 35.9. The van der Waals surface area contributed by atoms with Crippen molar-refractivity contribution in [3.05, 3.63) is 125 Å². The number of fused-ring (bicyclic) bond motifs is 1. The minimum Gasteiger partial charge on any atom is -0.493 e. The summed E-state index contributed by atoms with van der Waals surface area (Å²) in [5.74, 6) is 1.65. The van der Waals surface area contributed by atoms with Gasteiger partial charge in [-0.1, -0.05) is 47.2 Å². The van der Waals surface area contributed by atoms with E-state index in [0.29, 0.717) is 68.2 Å². The van der Waals surface area contributed by atoms with Crippen molar-refractivity contribution < 1.29 is 28.5 Å². The minimum atomic E-state index is -0.812. The molecule has 0 radical (unpaired) electrons. The molecule has 0 unspecified atom stereocenters. The van der Waals surface area contributed by atoms with Crippen LogP contribution < -0.4 is 33.8 Å². The number of thiazole rings is 1. The number of methoxy groups -OCH3 is 1. The van der Waals surface area contributed by atoms with Gasteiger partial charge in [0.2, 0.25) is 0 Å². The van der Waals surface area contributed by atoms with Gasteiger partial charge in [0.05, 0.1) is 48.3 Å². The van der Waals surface area contributed by atoms with Crippen LogP contribution in [0.15, 0.2) is 88.3 Å². The third-order valence-corrected chi connectivity index (χ3v) is 9.03. The summed E-state index contributed by atoms with van der Waals surface area (Å²) in [4.78, 5) is 32.9. The lowest BCUT2D eigenvalue weighted by Gasteiger charge is -2.25. The van der Waals surface area contributed by atoms with Gasteiger partial charge in [-0.05, 0) is 100 Å². The summed E-state index contributed by atoms with van der Waals surface area (Å²) in [6, 6.07) is 15.9. The fourth-order valence-corrected chi connectivity index (χ4v) is 6.87. The van der Waals surface area contributed by atoms with Gasteiger partial charge in [0.15, 0.2) is 27.8 Å². The maximum atomic E-state index is 14.3. The number of hydrogen-bond acceptors (Lipinski definition) is 9. The first-order valence-electron chi connectivity index (χ1n) is 16.4. The second-order valence-corrected chi connectivity index (χ2v) is 13.2. The summed E-state index contributed by atoms with van der Waals surface area (Å²) >= 11 is 7.31. The van der Waals surface area contributed by atoms with Crippen LogP contribution in [0.2, 0.25) is 5.02 Å². The zero-order valence-electron chi connectivity index (χ0n) is 29.1. The van der Waals surface area contributed by atoms with E-state index in [4.69, 9.17) is 40.3 Å². The molecule has 0 N–H and O–H groups in total. The van der Waals surface area contributed by atoms with E-state index in [2.05, 4.69) is 6.58 Å². The molecule has 9 nitrogen and oxygen atoms in total. The lowest BCUT2D eigenvalue weighted by molar-refractivity contribution is -0.139. The molecule has 5 rings (SSSR count). The van der Waals surface area contributed by atoms with Crippen LogP contribution in [0.5, 0.6) is 23.0 Å². The lowest BCUT2D eigenvalue weighted by atomic mass is 9.95. The molecule has 1 aliphatic heterocycles. The van der Waals surface area contributed by atoms with E-state index in [-0.39, 0.29) is 23.8 Å². The Kier molecular flexibility index (Phi) is 11.9. The molecule has 11 heteroatoms. The number of aromatic nitrogens is 1. The quantitative estimate of drug-likeness (QED) is 0.103. The van der Waals surface area contributed by atoms with Crippen molar-refractivity contribution in [2.45, 2.75) is 59.8 Å². The third-order valence-electron chi connectivity index (χ3n) is 7.80. The fraction of sp³-hybridized carbons (Fsp3) is 0.308. The summed E-state index contributed by atoms with van der Waals surface area (Å²) in [7, 11) is 1.55. The topological polar surface area (TPSA) is 97.6 Å². The molecular formula is C39H41ClN2O7S. The van der Waals surface area contributed by atoms with Crippen molar-refractivity contribution in [1.29, 1.82) is 0 Å².